The fourth-order valence-corrected chi connectivity index (χ4v) is 4.24. The van der Waals surface area contributed by atoms with Gasteiger partial charge in [0.25, 0.3) is 15.9 Å². The minimum absolute atomic E-state index is 0.108. The zero-order chi connectivity index (χ0) is 21.6. The van der Waals surface area contributed by atoms with Gasteiger partial charge in [-0.1, -0.05) is 24.3 Å². The molecular weight excluding hydrogens is 420 g/mol. The number of aryl methyl sites for hydroxylation is 1. The molecule has 0 aliphatic carbocycles. The first kappa shape index (κ1) is 21.7. The zero-order valence-corrected chi connectivity index (χ0v) is 18.2. The molecular formula is C22H22N2O4S2. The van der Waals surface area contributed by atoms with Crippen LogP contribution >= 0.6 is 11.8 Å². The lowest BCUT2D eigenvalue weighted by Gasteiger charge is -2.11. The Hall–Kier alpha value is -2.97. The van der Waals surface area contributed by atoms with Crippen molar-refractivity contribution in [2.24, 2.45) is 0 Å². The number of amides is 1. The molecule has 0 unspecified atom stereocenters. The normalized spacial score (nSPS) is 11.0. The quantitative estimate of drug-likeness (QED) is 0.501. The second-order valence-corrected chi connectivity index (χ2v) is 9.02. The maximum Gasteiger partial charge on any atom is 0.262 e. The molecule has 1 amide bonds. The van der Waals surface area contributed by atoms with Crippen molar-refractivity contribution in [2.45, 2.75) is 16.7 Å². The molecule has 0 saturated heterocycles. The molecule has 0 aliphatic heterocycles. The number of sulfonamides is 1. The Balaban J connectivity index is 1.58. The number of rotatable bonds is 8. The van der Waals surface area contributed by atoms with E-state index in [1.807, 2.05) is 43.5 Å². The Kier molecular flexibility index (Phi) is 7.02. The Morgan fingerprint density at radius 3 is 2.43 bits per heavy atom. The van der Waals surface area contributed by atoms with Crippen LogP contribution in [0.4, 0.5) is 11.4 Å². The fourth-order valence-electron chi connectivity index (χ4n) is 2.65. The molecule has 8 heteroatoms. The molecule has 0 aliphatic rings. The molecule has 30 heavy (non-hydrogen) atoms. The Morgan fingerprint density at radius 2 is 1.73 bits per heavy atom. The van der Waals surface area contributed by atoms with Crippen molar-refractivity contribution in [1.82, 2.24) is 0 Å². The van der Waals surface area contributed by atoms with Crippen LogP contribution in [-0.2, 0) is 14.8 Å². The van der Waals surface area contributed by atoms with Crippen LogP contribution in [0.15, 0.2) is 82.6 Å². The molecule has 6 nitrogen and oxygen atoms in total. The van der Waals surface area contributed by atoms with Crippen LogP contribution in [0.3, 0.4) is 0 Å². The maximum absolute atomic E-state index is 12.6. The van der Waals surface area contributed by atoms with Crippen LogP contribution in [0.5, 0.6) is 5.75 Å². The summed E-state index contributed by atoms with van der Waals surface area (Å²) in [6.07, 6.45) is 1.96. The summed E-state index contributed by atoms with van der Waals surface area (Å²) in [6, 6.07) is 20.6. The monoisotopic (exact) mass is 442 g/mol. The Bertz CT molecular complexity index is 1130. The van der Waals surface area contributed by atoms with Gasteiger partial charge in [-0.15, -0.1) is 11.8 Å². The predicted molar refractivity (Wildman–Crippen MR) is 121 cm³/mol. The van der Waals surface area contributed by atoms with Gasteiger partial charge in [-0.3, -0.25) is 9.52 Å². The minimum Gasteiger partial charge on any atom is -0.484 e. The lowest BCUT2D eigenvalue weighted by Crippen LogP contribution is -2.20. The molecule has 0 saturated carbocycles. The van der Waals surface area contributed by atoms with Crippen LogP contribution in [0.25, 0.3) is 0 Å². The lowest BCUT2D eigenvalue weighted by atomic mass is 10.2. The van der Waals surface area contributed by atoms with Gasteiger partial charge in [0.15, 0.2) is 6.61 Å². The van der Waals surface area contributed by atoms with E-state index in [1.54, 1.807) is 30.0 Å². The highest BCUT2D eigenvalue weighted by Gasteiger charge is 2.15. The SMILES string of the molecule is CSc1cccc(NC(=O)COc2ccc(S(=O)(=O)Nc3ccccc3C)cc2)c1. The van der Waals surface area contributed by atoms with E-state index in [0.717, 1.165) is 10.5 Å². The number of anilines is 2. The number of ether oxygens (including phenoxy) is 1. The molecule has 0 heterocycles. The predicted octanol–water partition coefficient (Wildman–Crippen LogP) is 4.54. The third-order valence-corrected chi connectivity index (χ3v) is 6.35. The van der Waals surface area contributed by atoms with Crippen LogP contribution in [0.1, 0.15) is 5.56 Å². The van der Waals surface area contributed by atoms with Gasteiger partial charge in [-0.05, 0) is 67.3 Å². The number of para-hydroxylation sites is 1. The number of thioether (sulfide) groups is 1. The number of carbonyl (C=O) groups is 1. The minimum atomic E-state index is -3.72. The smallest absolute Gasteiger partial charge is 0.262 e. The maximum atomic E-state index is 12.6. The topological polar surface area (TPSA) is 84.5 Å². The first-order chi connectivity index (χ1) is 14.4. The van der Waals surface area contributed by atoms with Gasteiger partial charge in [0, 0.05) is 10.6 Å². The molecule has 156 valence electrons. The number of hydrogen-bond donors (Lipinski definition) is 2. The van der Waals surface area contributed by atoms with Gasteiger partial charge in [0.2, 0.25) is 0 Å². The summed E-state index contributed by atoms with van der Waals surface area (Å²) in [7, 11) is -3.72. The molecule has 0 spiro atoms. The van der Waals surface area contributed by atoms with Gasteiger partial charge in [-0.2, -0.15) is 0 Å². The number of carbonyl (C=O) groups excluding carboxylic acids is 1. The summed E-state index contributed by atoms with van der Waals surface area (Å²) >= 11 is 1.59. The molecule has 0 aromatic heterocycles. The lowest BCUT2D eigenvalue weighted by molar-refractivity contribution is -0.118. The number of benzene rings is 3. The highest BCUT2D eigenvalue weighted by molar-refractivity contribution is 7.98. The molecule has 3 aromatic rings. The molecule has 0 atom stereocenters. The van der Waals surface area contributed by atoms with Crippen LogP contribution < -0.4 is 14.8 Å². The number of nitrogens with one attached hydrogen (secondary N) is 2. The van der Waals surface area contributed by atoms with Crippen LogP contribution in [-0.4, -0.2) is 27.2 Å². The van der Waals surface area contributed by atoms with Crippen molar-refractivity contribution >= 4 is 39.1 Å². The van der Waals surface area contributed by atoms with E-state index in [2.05, 4.69) is 10.0 Å². The molecule has 3 aromatic carbocycles. The van der Waals surface area contributed by atoms with E-state index in [-0.39, 0.29) is 17.4 Å². The van der Waals surface area contributed by atoms with Crippen molar-refractivity contribution in [1.29, 1.82) is 0 Å². The van der Waals surface area contributed by atoms with E-state index < -0.39 is 10.0 Å². The van der Waals surface area contributed by atoms with Gasteiger partial charge >= 0.3 is 0 Å². The standard InChI is InChI=1S/C22H22N2O4S2/c1-16-6-3-4-9-21(16)24-30(26,27)20-12-10-18(11-13-20)28-15-22(25)23-17-7-5-8-19(14-17)29-2/h3-14,24H,15H2,1-2H3,(H,23,25). The summed E-state index contributed by atoms with van der Waals surface area (Å²) in [5, 5.41) is 2.77. The third-order valence-electron chi connectivity index (χ3n) is 4.25. The summed E-state index contributed by atoms with van der Waals surface area (Å²) < 4.78 is 33.2. The summed E-state index contributed by atoms with van der Waals surface area (Å²) in [5.41, 5.74) is 2.05. The van der Waals surface area contributed by atoms with Crippen LogP contribution in [0, 0.1) is 6.92 Å². The summed E-state index contributed by atoms with van der Waals surface area (Å²) in [6.45, 7) is 1.65. The van der Waals surface area contributed by atoms with Gasteiger partial charge in [0.1, 0.15) is 5.75 Å². The Morgan fingerprint density at radius 1 is 1.00 bits per heavy atom. The van der Waals surface area contributed by atoms with E-state index >= 15 is 0 Å². The molecule has 3 rings (SSSR count). The van der Waals surface area contributed by atoms with Gasteiger partial charge < -0.3 is 10.1 Å². The van der Waals surface area contributed by atoms with Crippen molar-refractivity contribution < 1.29 is 17.9 Å². The fraction of sp³-hybridized carbons (Fsp3) is 0.136. The van der Waals surface area contributed by atoms with E-state index in [1.165, 1.54) is 24.3 Å². The molecule has 2 N–H and O–H groups in total. The van der Waals surface area contributed by atoms with Crippen molar-refractivity contribution in [3.05, 3.63) is 78.4 Å². The average Bonchev–Trinajstić information content (AvgIpc) is 2.74. The van der Waals surface area contributed by atoms with Gasteiger partial charge in [-0.25, -0.2) is 8.42 Å². The van der Waals surface area contributed by atoms with Gasteiger partial charge in [0.05, 0.1) is 10.6 Å². The van der Waals surface area contributed by atoms with Crippen molar-refractivity contribution in [2.75, 3.05) is 22.9 Å². The third kappa shape index (κ3) is 5.77. The zero-order valence-electron chi connectivity index (χ0n) is 16.6. The van der Waals surface area contributed by atoms with E-state index in [9.17, 15) is 13.2 Å². The first-order valence-corrected chi connectivity index (χ1v) is 11.8. The Labute approximate surface area is 180 Å². The second kappa shape index (κ2) is 9.69. The summed E-state index contributed by atoms with van der Waals surface area (Å²) in [5.74, 6) is 0.101. The second-order valence-electron chi connectivity index (χ2n) is 6.46. The highest BCUT2D eigenvalue weighted by atomic mass is 32.2. The van der Waals surface area contributed by atoms with Crippen LogP contribution in [0.2, 0.25) is 0 Å². The molecule has 0 radical (unpaired) electrons. The average molecular weight is 443 g/mol. The van der Waals surface area contributed by atoms with Crippen molar-refractivity contribution in [3.63, 3.8) is 0 Å². The van der Waals surface area contributed by atoms with E-state index in [4.69, 9.17) is 4.74 Å². The van der Waals surface area contributed by atoms with Crippen molar-refractivity contribution in [3.8, 4) is 5.75 Å². The molecule has 0 fully saturated rings. The number of hydrogen-bond acceptors (Lipinski definition) is 5. The molecule has 0 bridgehead atoms. The summed E-state index contributed by atoms with van der Waals surface area (Å²) in [4.78, 5) is 13.3. The highest BCUT2D eigenvalue weighted by Crippen LogP contribution is 2.22. The largest absolute Gasteiger partial charge is 0.484 e. The first-order valence-electron chi connectivity index (χ1n) is 9.12. The van der Waals surface area contributed by atoms with E-state index in [0.29, 0.717) is 17.1 Å².